The molecule has 3 aromatic rings. The average molecular weight is 339 g/mol. The summed E-state index contributed by atoms with van der Waals surface area (Å²) in [5.41, 5.74) is 3.39. The van der Waals surface area contributed by atoms with E-state index in [1.54, 1.807) is 20.4 Å². The van der Waals surface area contributed by atoms with E-state index in [4.69, 9.17) is 9.47 Å². The number of rotatable bonds is 2. The lowest BCUT2D eigenvalue weighted by molar-refractivity contribution is 0.414. The Bertz CT molecular complexity index is 897. The molecule has 26 heavy (non-hydrogen) atoms. The van der Waals surface area contributed by atoms with Crippen molar-refractivity contribution in [3.8, 4) is 35.2 Å². The molecule has 0 saturated heterocycles. The molecule has 0 spiro atoms. The second kappa shape index (κ2) is 8.42. The predicted octanol–water partition coefficient (Wildman–Crippen LogP) is 3.90. The molecular formula is C23H17NO2. The number of methoxy groups -OCH3 is 2. The highest BCUT2D eigenvalue weighted by Gasteiger charge is 1.93. The van der Waals surface area contributed by atoms with E-state index >= 15 is 0 Å². The van der Waals surface area contributed by atoms with Crippen molar-refractivity contribution in [3.05, 3.63) is 89.2 Å². The van der Waals surface area contributed by atoms with Crippen LogP contribution in [0.5, 0.6) is 11.5 Å². The molecule has 0 bridgehead atoms. The number of benzene rings is 2. The first kappa shape index (κ1) is 17.1. The van der Waals surface area contributed by atoms with Gasteiger partial charge < -0.3 is 9.47 Å². The normalized spacial score (nSPS) is 9.31. The lowest BCUT2D eigenvalue weighted by Crippen LogP contribution is -1.85. The summed E-state index contributed by atoms with van der Waals surface area (Å²) in [5, 5.41) is 0. The van der Waals surface area contributed by atoms with E-state index < -0.39 is 0 Å². The third-order valence-corrected chi connectivity index (χ3v) is 3.63. The average Bonchev–Trinajstić information content (AvgIpc) is 2.72. The van der Waals surface area contributed by atoms with Crippen molar-refractivity contribution in [3.63, 3.8) is 0 Å². The van der Waals surface area contributed by atoms with Crippen LogP contribution in [0.1, 0.15) is 22.4 Å². The lowest BCUT2D eigenvalue weighted by atomic mass is 10.2. The van der Waals surface area contributed by atoms with E-state index in [9.17, 15) is 0 Å². The molecule has 1 aromatic heterocycles. The second-order valence-corrected chi connectivity index (χ2v) is 5.39. The molecule has 0 atom stereocenters. The van der Waals surface area contributed by atoms with Crippen molar-refractivity contribution >= 4 is 0 Å². The SMILES string of the molecule is COc1ccc(C#Cc2ccc(C#Cc3ccc(OC)cc3)nc2)cc1. The number of hydrogen-bond donors (Lipinski definition) is 0. The number of ether oxygens (including phenoxy) is 2. The molecule has 2 aromatic carbocycles. The van der Waals surface area contributed by atoms with Crippen LogP contribution < -0.4 is 9.47 Å². The maximum atomic E-state index is 5.13. The van der Waals surface area contributed by atoms with Gasteiger partial charge in [0.25, 0.3) is 0 Å². The van der Waals surface area contributed by atoms with Gasteiger partial charge in [-0.25, -0.2) is 4.98 Å². The van der Waals surface area contributed by atoms with Crippen LogP contribution in [0.25, 0.3) is 0 Å². The fraction of sp³-hybridized carbons (Fsp3) is 0.0870. The predicted molar refractivity (Wildman–Crippen MR) is 102 cm³/mol. The molecule has 3 rings (SSSR count). The fourth-order valence-corrected chi connectivity index (χ4v) is 2.17. The van der Waals surface area contributed by atoms with E-state index in [-0.39, 0.29) is 0 Å². The van der Waals surface area contributed by atoms with Crippen LogP contribution in [0.4, 0.5) is 0 Å². The Morgan fingerprint density at radius 1 is 0.577 bits per heavy atom. The Morgan fingerprint density at radius 2 is 1.04 bits per heavy atom. The van der Waals surface area contributed by atoms with Crippen LogP contribution in [0.3, 0.4) is 0 Å². The zero-order chi connectivity index (χ0) is 18.2. The minimum Gasteiger partial charge on any atom is -0.497 e. The van der Waals surface area contributed by atoms with Crippen molar-refractivity contribution < 1.29 is 9.47 Å². The number of hydrogen-bond acceptors (Lipinski definition) is 3. The van der Waals surface area contributed by atoms with Gasteiger partial charge in [0.1, 0.15) is 17.2 Å². The lowest BCUT2D eigenvalue weighted by Gasteiger charge is -1.97. The maximum Gasteiger partial charge on any atom is 0.118 e. The Balaban J connectivity index is 1.68. The third kappa shape index (κ3) is 4.66. The van der Waals surface area contributed by atoms with Crippen molar-refractivity contribution in [2.75, 3.05) is 14.2 Å². The van der Waals surface area contributed by atoms with Crippen molar-refractivity contribution in [1.29, 1.82) is 0 Å². The molecule has 0 aliphatic heterocycles. The Labute approximate surface area is 153 Å². The summed E-state index contributed by atoms with van der Waals surface area (Å²) in [6, 6.07) is 19.0. The summed E-state index contributed by atoms with van der Waals surface area (Å²) >= 11 is 0. The largest absolute Gasteiger partial charge is 0.497 e. The van der Waals surface area contributed by atoms with E-state index in [0.717, 1.165) is 28.2 Å². The zero-order valence-corrected chi connectivity index (χ0v) is 14.6. The molecule has 0 aliphatic rings. The van der Waals surface area contributed by atoms with Crippen molar-refractivity contribution in [2.24, 2.45) is 0 Å². The number of aromatic nitrogens is 1. The smallest absolute Gasteiger partial charge is 0.118 e. The summed E-state index contributed by atoms with van der Waals surface area (Å²) in [7, 11) is 3.29. The summed E-state index contributed by atoms with van der Waals surface area (Å²) in [6.45, 7) is 0. The standard InChI is InChI=1S/C23H17NO2/c1-25-22-13-7-18(8-14-22)3-4-20-6-12-21(24-17-20)11-5-19-9-15-23(26-2)16-10-19/h6-10,12-17H,1-2H3. The van der Waals surface area contributed by atoms with Gasteiger partial charge in [-0.05, 0) is 66.6 Å². The third-order valence-electron chi connectivity index (χ3n) is 3.63. The minimum absolute atomic E-state index is 0.704. The van der Waals surface area contributed by atoms with Crippen LogP contribution in [-0.2, 0) is 0 Å². The summed E-state index contributed by atoms with van der Waals surface area (Å²) in [6.07, 6.45) is 1.73. The Hall–Kier alpha value is -3.69. The van der Waals surface area contributed by atoms with Gasteiger partial charge >= 0.3 is 0 Å². The highest BCUT2D eigenvalue weighted by atomic mass is 16.5. The first-order valence-electron chi connectivity index (χ1n) is 8.05. The molecule has 0 radical (unpaired) electrons. The topological polar surface area (TPSA) is 31.4 Å². The first-order chi connectivity index (χ1) is 12.8. The Kier molecular flexibility index (Phi) is 5.55. The van der Waals surface area contributed by atoms with E-state index in [1.165, 1.54) is 0 Å². The van der Waals surface area contributed by atoms with Gasteiger partial charge in [0.05, 0.1) is 14.2 Å². The van der Waals surface area contributed by atoms with Gasteiger partial charge in [0.15, 0.2) is 0 Å². The number of nitrogens with zero attached hydrogens (tertiary/aromatic N) is 1. The molecular weight excluding hydrogens is 322 g/mol. The molecule has 0 aliphatic carbocycles. The van der Waals surface area contributed by atoms with E-state index in [2.05, 4.69) is 28.7 Å². The molecule has 0 amide bonds. The summed E-state index contributed by atoms with van der Waals surface area (Å²) in [4.78, 5) is 4.35. The molecule has 1 heterocycles. The molecule has 126 valence electrons. The van der Waals surface area contributed by atoms with Crippen LogP contribution in [-0.4, -0.2) is 19.2 Å². The maximum absolute atomic E-state index is 5.13. The van der Waals surface area contributed by atoms with Gasteiger partial charge in [-0.2, -0.15) is 0 Å². The van der Waals surface area contributed by atoms with Gasteiger partial charge in [0, 0.05) is 22.9 Å². The molecule has 3 nitrogen and oxygen atoms in total. The highest BCUT2D eigenvalue weighted by molar-refractivity contribution is 5.46. The zero-order valence-electron chi connectivity index (χ0n) is 14.6. The van der Waals surface area contributed by atoms with Gasteiger partial charge in [0.2, 0.25) is 0 Å². The highest BCUT2D eigenvalue weighted by Crippen LogP contribution is 2.11. The monoisotopic (exact) mass is 339 g/mol. The van der Waals surface area contributed by atoms with Crippen molar-refractivity contribution in [1.82, 2.24) is 4.98 Å². The van der Waals surface area contributed by atoms with Crippen LogP contribution in [0.15, 0.2) is 66.9 Å². The summed E-state index contributed by atoms with van der Waals surface area (Å²) in [5.74, 6) is 14.0. The van der Waals surface area contributed by atoms with Gasteiger partial charge in [-0.1, -0.05) is 17.8 Å². The van der Waals surface area contributed by atoms with Crippen LogP contribution in [0, 0.1) is 23.7 Å². The number of pyridine rings is 1. The fourth-order valence-electron chi connectivity index (χ4n) is 2.17. The van der Waals surface area contributed by atoms with E-state index in [0.29, 0.717) is 5.69 Å². The molecule has 0 fully saturated rings. The minimum atomic E-state index is 0.704. The van der Waals surface area contributed by atoms with Gasteiger partial charge in [-0.15, -0.1) is 0 Å². The first-order valence-corrected chi connectivity index (χ1v) is 8.05. The van der Waals surface area contributed by atoms with Gasteiger partial charge in [-0.3, -0.25) is 0 Å². The van der Waals surface area contributed by atoms with Crippen molar-refractivity contribution in [2.45, 2.75) is 0 Å². The second-order valence-electron chi connectivity index (χ2n) is 5.39. The van der Waals surface area contributed by atoms with E-state index in [1.807, 2.05) is 60.7 Å². The summed E-state index contributed by atoms with van der Waals surface area (Å²) < 4.78 is 10.3. The molecule has 0 unspecified atom stereocenters. The Morgan fingerprint density at radius 3 is 1.50 bits per heavy atom. The molecule has 3 heteroatoms. The molecule has 0 saturated carbocycles. The quantitative estimate of drug-likeness (QED) is 0.664. The van der Waals surface area contributed by atoms with Crippen LogP contribution in [0.2, 0.25) is 0 Å². The van der Waals surface area contributed by atoms with Crippen LogP contribution >= 0.6 is 0 Å². The molecule has 0 N–H and O–H groups in total.